The van der Waals surface area contributed by atoms with E-state index in [0.717, 1.165) is 141 Å². The molecule has 1 atom stereocenters. The average Bonchev–Trinajstić information content (AvgIpc) is 3.36. The topological polar surface area (TPSA) is 61.8 Å². The molecule has 0 aromatic carbocycles. The minimum Gasteiger partial charge on any atom is -0.462 e. The van der Waals surface area contributed by atoms with Crippen molar-refractivity contribution in [3.05, 3.63) is 134 Å². The highest BCUT2D eigenvalue weighted by atomic mass is 16.6. The van der Waals surface area contributed by atoms with E-state index in [1.165, 1.54) is 64.2 Å². The predicted octanol–water partition coefficient (Wildman–Crippen LogP) is 19.9. The van der Waals surface area contributed by atoms with E-state index >= 15 is 0 Å². The second kappa shape index (κ2) is 59.3. The maximum atomic E-state index is 12.9. The summed E-state index contributed by atoms with van der Waals surface area (Å²) in [7, 11) is 0. The molecule has 0 saturated carbocycles. The van der Waals surface area contributed by atoms with Crippen LogP contribution in [-0.4, -0.2) is 37.9 Å². The van der Waals surface area contributed by atoms with Gasteiger partial charge in [0.2, 0.25) is 0 Å². The second-order valence-electron chi connectivity index (χ2n) is 18.4. The summed E-state index contributed by atoms with van der Waals surface area (Å²) in [6.45, 7) is 7.43. The molecule has 0 bridgehead atoms. The maximum Gasteiger partial charge on any atom is 0.306 e. The van der Waals surface area contributed by atoms with Crippen molar-refractivity contribution in [3.8, 4) is 0 Å². The molecular weight excluding hydrogens is 861 g/mol. The molecule has 0 aromatic rings. The van der Waals surface area contributed by atoms with E-state index in [2.05, 4.69) is 154 Å². The molecule has 0 aliphatic rings. The molecular formula is C65H106O5. The zero-order chi connectivity index (χ0) is 50.6. The van der Waals surface area contributed by atoms with Crippen molar-refractivity contribution in [2.24, 2.45) is 0 Å². The molecule has 0 heterocycles. The Morgan fingerprint density at radius 1 is 0.314 bits per heavy atom. The Morgan fingerprint density at radius 3 is 0.957 bits per heavy atom. The van der Waals surface area contributed by atoms with E-state index in [0.29, 0.717) is 19.4 Å². The zero-order valence-electron chi connectivity index (χ0n) is 45.5. The highest BCUT2D eigenvalue weighted by molar-refractivity contribution is 5.70. The highest BCUT2D eigenvalue weighted by Crippen LogP contribution is 2.13. The first-order chi connectivity index (χ1) is 34.6. The number of ether oxygens (including phenoxy) is 3. The van der Waals surface area contributed by atoms with Crippen LogP contribution in [0, 0.1) is 0 Å². The average molecular weight is 968 g/mol. The van der Waals surface area contributed by atoms with Crippen molar-refractivity contribution in [3.63, 3.8) is 0 Å². The summed E-state index contributed by atoms with van der Waals surface area (Å²) in [4.78, 5) is 25.5. The number of esters is 2. The van der Waals surface area contributed by atoms with Gasteiger partial charge in [0.05, 0.1) is 6.61 Å². The quantitative estimate of drug-likeness (QED) is 0.0345. The van der Waals surface area contributed by atoms with Crippen LogP contribution in [-0.2, 0) is 23.8 Å². The fraction of sp³-hybridized carbons (Fsp3) is 0.631. The molecule has 0 amide bonds. The molecule has 0 rings (SSSR count). The minimum absolute atomic E-state index is 0.0561. The Labute approximate surface area is 432 Å². The van der Waals surface area contributed by atoms with E-state index in [1.807, 2.05) is 0 Å². The molecule has 1 unspecified atom stereocenters. The Bertz CT molecular complexity index is 1470. The molecule has 0 aliphatic heterocycles. The third-order valence-corrected chi connectivity index (χ3v) is 11.7. The fourth-order valence-electron chi connectivity index (χ4n) is 7.51. The van der Waals surface area contributed by atoms with E-state index in [-0.39, 0.29) is 25.2 Å². The summed E-state index contributed by atoms with van der Waals surface area (Å²) >= 11 is 0. The zero-order valence-corrected chi connectivity index (χ0v) is 45.5. The van der Waals surface area contributed by atoms with Gasteiger partial charge in [0.25, 0.3) is 0 Å². The standard InChI is InChI=1S/C65H106O5/c1-4-7-10-13-16-19-22-25-28-31-33-35-37-40-43-46-49-52-55-58-64(66)69-62-63(61-68-60-57-54-51-48-45-42-39-36-32-29-26-23-20-17-14-11-8-5-2)70-65(67)59-56-53-50-47-44-41-38-34-30-27-24-21-18-15-12-9-6-3/h7-12,16-21,25-30,33,35,38,41,63H,4-6,13-15,22-24,31-32,34,36-37,39-40,42-62H2,1-3H3/b10-7-,11-8-,12-9-,19-16-,20-17-,21-18-,28-25-,29-26-,30-27-,35-33-,41-38-. The fourth-order valence-corrected chi connectivity index (χ4v) is 7.51. The number of rotatable bonds is 51. The number of allylic oxidation sites excluding steroid dienone is 22. The van der Waals surface area contributed by atoms with Crippen LogP contribution in [0.1, 0.15) is 239 Å². The van der Waals surface area contributed by atoms with Crippen molar-refractivity contribution >= 4 is 11.9 Å². The molecule has 0 aromatic heterocycles. The first kappa shape index (κ1) is 66.0. The maximum absolute atomic E-state index is 12.9. The van der Waals surface area contributed by atoms with Gasteiger partial charge in [-0.3, -0.25) is 9.59 Å². The van der Waals surface area contributed by atoms with Crippen molar-refractivity contribution < 1.29 is 23.8 Å². The highest BCUT2D eigenvalue weighted by Gasteiger charge is 2.17. The molecule has 396 valence electrons. The van der Waals surface area contributed by atoms with Gasteiger partial charge in [0.1, 0.15) is 6.61 Å². The van der Waals surface area contributed by atoms with Gasteiger partial charge in [0.15, 0.2) is 6.10 Å². The van der Waals surface area contributed by atoms with E-state index in [9.17, 15) is 9.59 Å². The van der Waals surface area contributed by atoms with E-state index in [4.69, 9.17) is 14.2 Å². The summed E-state index contributed by atoms with van der Waals surface area (Å²) < 4.78 is 17.5. The number of unbranched alkanes of at least 4 members (excludes halogenated alkanes) is 18. The Balaban J connectivity index is 4.39. The normalized spacial score (nSPS) is 13.2. The van der Waals surface area contributed by atoms with Crippen LogP contribution < -0.4 is 0 Å². The lowest BCUT2D eigenvalue weighted by Gasteiger charge is -2.18. The number of carbonyl (C=O) groups is 2. The van der Waals surface area contributed by atoms with Gasteiger partial charge < -0.3 is 14.2 Å². The summed E-state index contributed by atoms with van der Waals surface area (Å²) in [5, 5.41) is 0. The van der Waals surface area contributed by atoms with E-state index in [1.54, 1.807) is 0 Å². The van der Waals surface area contributed by atoms with Crippen LogP contribution in [0.4, 0.5) is 0 Å². The van der Waals surface area contributed by atoms with Crippen molar-refractivity contribution in [1.29, 1.82) is 0 Å². The summed E-state index contributed by atoms with van der Waals surface area (Å²) in [6, 6.07) is 0. The SMILES string of the molecule is CC/C=C\C/C=C\C/C=C\C/C=C\CCCCCCCCC(=O)OCC(COCCCCCCCCCC/C=C\C/C=C\C/C=C\CC)OC(=O)CCCCCC/C=C\C/C=C\C/C=C\C/C=C\CC. The Hall–Kier alpha value is -3.96. The van der Waals surface area contributed by atoms with Gasteiger partial charge in [-0.05, 0) is 128 Å². The molecule has 0 spiro atoms. The molecule has 5 heteroatoms. The lowest BCUT2D eigenvalue weighted by Crippen LogP contribution is -2.30. The van der Waals surface area contributed by atoms with Gasteiger partial charge in [-0.1, -0.05) is 231 Å². The number of hydrogen-bond donors (Lipinski definition) is 0. The van der Waals surface area contributed by atoms with Crippen LogP contribution >= 0.6 is 0 Å². The third-order valence-electron chi connectivity index (χ3n) is 11.7. The monoisotopic (exact) mass is 967 g/mol. The molecule has 0 fully saturated rings. The van der Waals surface area contributed by atoms with Crippen molar-refractivity contribution in [2.45, 2.75) is 245 Å². The predicted molar refractivity (Wildman–Crippen MR) is 306 cm³/mol. The third kappa shape index (κ3) is 56.6. The van der Waals surface area contributed by atoms with Crippen LogP contribution in [0.5, 0.6) is 0 Å². The number of carbonyl (C=O) groups excluding carboxylic acids is 2. The Kier molecular flexibility index (Phi) is 56.0. The largest absolute Gasteiger partial charge is 0.462 e. The second-order valence-corrected chi connectivity index (χ2v) is 18.4. The van der Waals surface area contributed by atoms with Gasteiger partial charge in [-0.2, -0.15) is 0 Å². The van der Waals surface area contributed by atoms with Crippen molar-refractivity contribution in [2.75, 3.05) is 19.8 Å². The summed E-state index contributed by atoms with van der Waals surface area (Å²) in [5.74, 6) is -0.450. The van der Waals surface area contributed by atoms with Crippen LogP contribution in [0.3, 0.4) is 0 Å². The van der Waals surface area contributed by atoms with Gasteiger partial charge in [-0.15, -0.1) is 0 Å². The smallest absolute Gasteiger partial charge is 0.306 e. The summed E-state index contributed by atoms with van der Waals surface area (Å²) in [5.41, 5.74) is 0. The molecule has 0 N–H and O–H groups in total. The van der Waals surface area contributed by atoms with Crippen molar-refractivity contribution in [1.82, 2.24) is 0 Å². The van der Waals surface area contributed by atoms with E-state index < -0.39 is 6.10 Å². The van der Waals surface area contributed by atoms with Crippen LogP contribution in [0.15, 0.2) is 134 Å². The van der Waals surface area contributed by atoms with Crippen LogP contribution in [0.25, 0.3) is 0 Å². The van der Waals surface area contributed by atoms with Crippen LogP contribution in [0.2, 0.25) is 0 Å². The molecule has 0 aliphatic carbocycles. The Morgan fingerprint density at radius 2 is 0.600 bits per heavy atom. The number of hydrogen-bond acceptors (Lipinski definition) is 5. The van der Waals surface area contributed by atoms with Gasteiger partial charge >= 0.3 is 11.9 Å². The van der Waals surface area contributed by atoms with Gasteiger partial charge in [-0.25, -0.2) is 0 Å². The first-order valence-electron chi connectivity index (χ1n) is 28.7. The molecule has 0 radical (unpaired) electrons. The van der Waals surface area contributed by atoms with Gasteiger partial charge in [0, 0.05) is 19.4 Å². The first-order valence-corrected chi connectivity index (χ1v) is 28.7. The lowest BCUT2D eigenvalue weighted by atomic mass is 10.1. The lowest BCUT2D eigenvalue weighted by molar-refractivity contribution is -0.163. The minimum atomic E-state index is -0.570. The molecule has 5 nitrogen and oxygen atoms in total. The molecule has 0 saturated heterocycles. The molecule has 70 heavy (non-hydrogen) atoms. The summed E-state index contributed by atoms with van der Waals surface area (Å²) in [6.07, 6.45) is 84.7.